The fourth-order valence-electron chi connectivity index (χ4n) is 2.38. The molecule has 0 radical (unpaired) electrons. The quantitative estimate of drug-likeness (QED) is 0.636. The predicted molar refractivity (Wildman–Crippen MR) is 76.4 cm³/mol. The van der Waals surface area contributed by atoms with Gasteiger partial charge in [0, 0.05) is 20.1 Å². The van der Waals surface area contributed by atoms with Crippen molar-refractivity contribution in [2.75, 3.05) is 44.1 Å². The summed E-state index contributed by atoms with van der Waals surface area (Å²) in [5, 5.41) is 0. The Labute approximate surface area is 116 Å². The van der Waals surface area contributed by atoms with Gasteiger partial charge in [0.05, 0.1) is 0 Å². The largest absolute Gasteiger partial charge is 0.358 e. The van der Waals surface area contributed by atoms with Crippen molar-refractivity contribution in [3.8, 4) is 0 Å². The van der Waals surface area contributed by atoms with Crippen LogP contribution in [0.4, 0.5) is 11.6 Å². The summed E-state index contributed by atoms with van der Waals surface area (Å²) in [5.74, 6) is 7.57. The van der Waals surface area contributed by atoms with Crippen molar-refractivity contribution in [2.45, 2.75) is 6.42 Å². The SMILES string of the molecule is CN1CCC(CN(C)c2ncnc(NN)c2Br)C1. The highest BCUT2D eigenvalue weighted by atomic mass is 79.9. The summed E-state index contributed by atoms with van der Waals surface area (Å²) >= 11 is 3.48. The molecule has 1 aliphatic heterocycles. The van der Waals surface area contributed by atoms with E-state index in [0.717, 1.165) is 23.4 Å². The molecule has 6 nitrogen and oxygen atoms in total. The van der Waals surface area contributed by atoms with E-state index in [1.54, 1.807) is 0 Å². The van der Waals surface area contributed by atoms with Gasteiger partial charge in [-0.3, -0.25) is 0 Å². The van der Waals surface area contributed by atoms with Crippen molar-refractivity contribution in [3.63, 3.8) is 0 Å². The zero-order valence-corrected chi connectivity index (χ0v) is 12.3. The van der Waals surface area contributed by atoms with E-state index in [0.29, 0.717) is 11.7 Å². The molecule has 0 saturated carbocycles. The zero-order chi connectivity index (χ0) is 13.1. The molecule has 18 heavy (non-hydrogen) atoms. The number of nitrogen functional groups attached to an aromatic ring is 1. The number of hydrogen-bond donors (Lipinski definition) is 2. The summed E-state index contributed by atoms with van der Waals surface area (Å²) < 4.78 is 0.807. The molecule has 1 aliphatic rings. The van der Waals surface area contributed by atoms with Crippen molar-refractivity contribution in [2.24, 2.45) is 11.8 Å². The van der Waals surface area contributed by atoms with Crippen LogP contribution in [0, 0.1) is 5.92 Å². The molecule has 0 aromatic carbocycles. The molecule has 1 saturated heterocycles. The van der Waals surface area contributed by atoms with Gasteiger partial charge in [-0.2, -0.15) is 0 Å². The number of hydrogen-bond acceptors (Lipinski definition) is 6. The summed E-state index contributed by atoms with van der Waals surface area (Å²) in [5.41, 5.74) is 2.56. The van der Waals surface area contributed by atoms with Gasteiger partial charge in [0.1, 0.15) is 16.6 Å². The van der Waals surface area contributed by atoms with E-state index < -0.39 is 0 Å². The summed E-state index contributed by atoms with van der Waals surface area (Å²) in [7, 11) is 4.21. The van der Waals surface area contributed by atoms with Crippen LogP contribution in [0.1, 0.15) is 6.42 Å². The van der Waals surface area contributed by atoms with E-state index in [-0.39, 0.29) is 0 Å². The Kier molecular flexibility index (Phi) is 4.36. The molecule has 1 atom stereocenters. The van der Waals surface area contributed by atoms with E-state index in [2.05, 4.69) is 48.2 Å². The fourth-order valence-corrected chi connectivity index (χ4v) is 3.00. The average Bonchev–Trinajstić information content (AvgIpc) is 2.75. The van der Waals surface area contributed by atoms with E-state index in [4.69, 9.17) is 5.84 Å². The third-order valence-electron chi connectivity index (χ3n) is 3.29. The lowest BCUT2D eigenvalue weighted by Gasteiger charge is -2.23. The Hall–Kier alpha value is -0.920. The second-order valence-electron chi connectivity index (χ2n) is 4.80. The lowest BCUT2D eigenvalue weighted by atomic mass is 10.1. The molecule has 0 amide bonds. The first-order valence-corrected chi connectivity index (χ1v) is 6.78. The number of hydrazine groups is 1. The molecule has 1 aromatic heterocycles. The van der Waals surface area contributed by atoms with Gasteiger partial charge in [0.2, 0.25) is 0 Å². The van der Waals surface area contributed by atoms with Crippen LogP contribution in [0.2, 0.25) is 0 Å². The molecule has 2 heterocycles. The van der Waals surface area contributed by atoms with Crippen LogP contribution < -0.4 is 16.2 Å². The van der Waals surface area contributed by atoms with E-state index in [9.17, 15) is 0 Å². The fraction of sp³-hybridized carbons (Fsp3) is 0.636. The van der Waals surface area contributed by atoms with Crippen molar-refractivity contribution in [1.29, 1.82) is 0 Å². The second kappa shape index (κ2) is 5.81. The first-order chi connectivity index (χ1) is 8.61. The van der Waals surface area contributed by atoms with Crippen LogP contribution in [-0.4, -0.2) is 48.6 Å². The minimum atomic E-state index is 0.607. The van der Waals surface area contributed by atoms with Crippen LogP contribution in [0.3, 0.4) is 0 Å². The number of rotatable bonds is 4. The molecule has 0 aliphatic carbocycles. The molecule has 1 aromatic rings. The monoisotopic (exact) mass is 314 g/mol. The first-order valence-electron chi connectivity index (χ1n) is 5.98. The Balaban J connectivity index is 2.06. The van der Waals surface area contributed by atoms with E-state index in [1.165, 1.54) is 19.3 Å². The van der Waals surface area contributed by atoms with Crippen molar-refractivity contribution in [3.05, 3.63) is 10.8 Å². The van der Waals surface area contributed by atoms with Crippen LogP contribution in [0.25, 0.3) is 0 Å². The van der Waals surface area contributed by atoms with Crippen LogP contribution in [0.15, 0.2) is 10.8 Å². The number of likely N-dealkylation sites (tertiary alicyclic amines) is 1. The number of nitrogens with two attached hydrogens (primary N) is 1. The summed E-state index contributed by atoms with van der Waals surface area (Å²) in [6.07, 6.45) is 2.76. The first kappa shape index (κ1) is 13.5. The van der Waals surface area contributed by atoms with Crippen molar-refractivity contribution >= 4 is 27.6 Å². The maximum atomic E-state index is 5.41. The van der Waals surface area contributed by atoms with Gasteiger partial charge in [-0.25, -0.2) is 15.8 Å². The van der Waals surface area contributed by atoms with Gasteiger partial charge in [-0.15, -0.1) is 0 Å². The highest BCUT2D eigenvalue weighted by molar-refractivity contribution is 9.10. The lowest BCUT2D eigenvalue weighted by Crippen LogP contribution is -2.28. The van der Waals surface area contributed by atoms with Crippen molar-refractivity contribution in [1.82, 2.24) is 14.9 Å². The van der Waals surface area contributed by atoms with Gasteiger partial charge >= 0.3 is 0 Å². The molecule has 0 spiro atoms. The van der Waals surface area contributed by atoms with Crippen molar-refractivity contribution < 1.29 is 0 Å². The maximum absolute atomic E-state index is 5.41. The molecule has 1 unspecified atom stereocenters. The molecular formula is C11H19BrN6. The Morgan fingerprint density at radius 1 is 1.61 bits per heavy atom. The van der Waals surface area contributed by atoms with Gasteiger partial charge in [0.15, 0.2) is 5.82 Å². The normalized spacial score (nSPS) is 20.1. The Morgan fingerprint density at radius 2 is 2.39 bits per heavy atom. The Bertz CT molecular complexity index is 413. The number of aromatic nitrogens is 2. The van der Waals surface area contributed by atoms with Crippen LogP contribution >= 0.6 is 15.9 Å². The molecular weight excluding hydrogens is 296 g/mol. The zero-order valence-electron chi connectivity index (χ0n) is 10.7. The van der Waals surface area contributed by atoms with E-state index >= 15 is 0 Å². The topological polar surface area (TPSA) is 70.3 Å². The van der Waals surface area contributed by atoms with E-state index in [1.807, 2.05) is 7.05 Å². The van der Waals surface area contributed by atoms with Gasteiger partial charge in [0.25, 0.3) is 0 Å². The van der Waals surface area contributed by atoms with Crippen LogP contribution in [0.5, 0.6) is 0 Å². The number of nitrogens with one attached hydrogen (secondary N) is 1. The number of nitrogens with zero attached hydrogens (tertiary/aromatic N) is 4. The average molecular weight is 315 g/mol. The smallest absolute Gasteiger partial charge is 0.159 e. The highest BCUT2D eigenvalue weighted by Gasteiger charge is 2.22. The summed E-state index contributed by atoms with van der Waals surface area (Å²) in [6, 6.07) is 0. The standard InChI is InChI=1S/C11H19BrN6/c1-17-4-3-8(5-17)6-18(2)11-9(12)10(16-13)14-7-15-11/h7-8H,3-6,13H2,1-2H3,(H,14,15,16). The highest BCUT2D eigenvalue weighted by Crippen LogP contribution is 2.29. The van der Waals surface area contributed by atoms with Gasteiger partial charge in [-0.1, -0.05) is 0 Å². The second-order valence-corrected chi connectivity index (χ2v) is 5.59. The van der Waals surface area contributed by atoms with Crippen LogP contribution in [-0.2, 0) is 0 Å². The molecule has 1 fully saturated rings. The predicted octanol–water partition coefficient (Wildman–Crippen LogP) is 0.913. The number of halogens is 1. The molecule has 2 rings (SSSR count). The lowest BCUT2D eigenvalue weighted by molar-refractivity contribution is 0.395. The summed E-state index contributed by atoms with van der Waals surface area (Å²) in [6.45, 7) is 3.32. The molecule has 7 heteroatoms. The third-order valence-corrected chi connectivity index (χ3v) is 4.02. The van der Waals surface area contributed by atoms with Gasteiger partial charge < -0.3 is 15.2 Å². The van der Waals surface area contributed by atoms with Gasteiger partial charge in [-0.05, 0) is 41.9 Å². The maximum Gasteiger partial charge on any atom is 0.159 e. The Morgan fingerprint density at radius 3 is 3.00 bits per heavy atom. The molecule has 0 bridgehead atoms. The molecule has 100 valence electrons. The number of anilines is 2. The summed E-state index contributed by atoms with van der Waals surface area (Å²) in [4.78, 5) is 12.9. The minimum Gasteiger partial charge on any atom is -0.358 e. The third kappa shape index (κ3) is 2.90. The molecule has 3 N–H and O–H groups in total. The minimum absolute atomic E-state index is 0.607.